The number of hydrogen-bond acceptors (Lipinski definition) is 5. The summed E-state index contributed by atoms with van der Waals surface area (Å²) in [6.07, 6.45) is 0. The summed E-state index contributed by atoms with van der Waals surface area (Å²) >= 11 is 0. The fourth-order valence-corrected chi connectivity index (χ4v) is 3.28. The van der Waals surface area contributed by atoms with E-state index in [1.54, 1.807) is 0 Å². The average Bonchev–Trinajstić information content (AvgIpc) is 2.27. The minimum absolute atomic E-state index is 0.00282. The number of ether oxygens (including phenoxy) is 1. The second kappa shape index (κ2) is 3.92. The Morgan fingerprint density at radius 2 is 2.24 bits per heavy atom. The van der Waals surface area contributed by atoms with E-state index < -0.39 is 21.1 Å². The van der Waals surface area contributed by atoms with Crippen LogP contribution in [0.25, 0.3) is 0 Å². The third-order valence-corrected chi connectivity index (χ3v) is 4.71. The Kier molecular flexibility index (Phi) is 2.70. The van der Waals surface area contributed by atoms with Crippen LogP contribution in [-0.2, 0) is 14.6 Å². The van der Waals surface area contributed by atoms with Crippen molar-refractivity contribution in [2.24, 2.45) is 0 Å². The largest absolute Gasteiger partial charge is 0.497 e. The maximum atomic E-state index is 12.0. The number of methoxy groups -OCH3 is 1. The number of carboxylic acids is 1. The molecule has 0 amide bonds. The minimum atomic E-state index is -3.82. The van der Waals surface area contributed by atoms with Crippen LogP contribution in [0.3, 0.4) is 0 Å². The van der Waals surface area contributed by atoms with Gasteiger partial charge in [-0.3, -0.25) is 4.79 Å². The lowest BCUT2D eigenvalue weighted by atomic mass is 10.2. The zero-order valence-electron chi connectivity index (χ0n) is 9.00. The van der Waals surface area contributed by atoms with Gasteiger partial charge in [0, 0.05) is 12.6 Å². The molecule has 0 saturated carbocycles. The van der Waals surface area contributed by atoms with E-state index in [4.69, 9.17) is 9.84 Å². The number of carbonyl (C=O) groups is 1. The Bertz CT molecular complexity index is 566. The van der Waals surface area contributed by atoms with Crippen molar-refractivity contribution < 1.29 is 23.1 Å². The van der Waals surface area contributed by atoms with Gasteiger partial charge in [-0.15, -0.1) is 0 Å². The summed E-state index contributed by atoms with van der Waals surface area (Å²) in [5.41, 5.74) is 0.377. The van der Waals surface area contributed by atoms with E-state index in [9.17, 15) is 13.2 Å². The highest BCUT2D eigenvalue weighted by molar-refractivity contribution is 7.93. The number of sulfone groups is 1. The summed E-state index contributed by atoms with van der Waals surface area (Å²) in [6, 6.07) is 4.37. The van der Waals surface area contributed by atoms with Crippen molar-refractivity contribution in [3.8, 4) is 5.75 Å². The maximum Gasteiger partial charge on any atom is 0.324 e. The molecule has 1 aliphatic heterocycles. The first-order valence-electron chi connectivity index (χ1n) is 4.85. The van der Waals surface area contributed by atoms with Crippen molar-refractivity contribution in [2.45, 2.75) is 10.1 Å². The van der Waals surface area contributed by atoms with Crippen molar-refractivity contribution in [3.63, 3.8) is 0 Å². The molecule has 92 valence electrons. The van der Waals surface area contributed by atoms with Crippen molar-refractivity contribution in [1.29, 1.82) is 0 Å². The molecule has 0 radical (unpaired) electrons. The van der Waals surface area contributed by atoms with Crippen LogP contribution in [-0.4, -0.2) is 38.4 Å². The summed E-state index contributed by atoms with van der Waals surface area (Å²) in [6.45, 7) is -0.141. The van der Waals surface area contributed by atoms with Gasteiger partial charge < -0.3 is 15.2 Å². The molecule has 7 heteroatoms. The standard InChI is InChI=1S/C10H11NO5S/c1-16-6-2-3-8-7(4-6)11-5-9(10(12)13)17(8,14)15/h2-4,9,11H,5H2,1H3,(H,12,13). The predicted octanol–water partition coefficient (Wildman–Crippen LogP) is 0.348. The Balaban J connectivity index is 2.55. The van der Waals surface area contributed by atoms with E-state index in [-0.39, 0.29) is 11.4 Å². The van der Waals surface area contributed by atoms with Gasteiger partial charge in [0.25, 0.3) is 0 Å². The van der Waals surface area contributed by atoms with E-state index in [1.807, 2.05) is 0 Å². The minimum Gasteiger partial charge on any atom is -0.497 e. The van der Waals surface area contributed by atoms with E-state index in [1.165, 1.54) is 25.3 Å². The Hall–Kier alpha value is -1.76. The van der Waals surface area contributed by atoms with Gasteiger partial charge in [0.2, 0.25) is 0 Å². The van der Waals surface area contributed by atoms with Gasteiger partial charge in [-0.2, -0.15) is 0 Å². The first-order chi connectivity index (χ1) is 7.96. The Morgan fingerprint density at radius 1 is 1.53 bits per heavy atom. The summed E-state index contributed by atoms with van der Waals surface area (Å²) in [5, 5.41) is 10.2. The van der Waals surface area contributed by atoms with E-state index >= 15 is 0 Å². The van der Waals surface area contributed by atoms with Gasteiger partial charge in [0.1, 0.15) is 5.75 Å². The number of rotatable bonds is 2. The molecule has 1 aliphatic rings. The van der Waals surface area contributed by atoms with Crippen molar-refractivity contribution in [3.05, 3.63) is 18.2 Å². The topological polar surface area (TPSA) is 92.7 Å². The number of benzene rings is 1. The Morgan fingerprint density at radius 3 is 2.82 bits per heavy atom. The van der Waals surface area contributed by atoms with Crippen LogP contribution < -0.4 is 10.1 Å². The molecule has 0 spiro atoms. The van der Waals surface area contributed by atoms with Gasteiger partial charge in [-0.05, 0) is 12.1 Å². The van der Waals surface area contributed by atoms with E-state index in [2.05, 4.69) is 5.32 Å². The highest BCUT2D eigenvalue weighted by Crippen LogP contribution is 2.32. The third-order valence-electron chi connectivity index (χ3n) is 2.62. The van der Waals surface area contributed by atoms with Gasteiger partial charge in [0.15, 0.2) is 15.1 Å². The highest BCUT2D eigenvalue weighted by Gasteiger charge is 2.39. The second-order valence-electron chi connectivity index (χ2n) is 3.61. The summed E-state index contributed by atoms with van der Waals surface area (Å²) in [4.78, 5) is 10.9. The van der Waals surface area contributed by atoms with Crippen LogP contribution in [0.2, 0.25) is 0 Å². The molecule has 1 unspecified atom stereocenters. The van der Waals surface area contributed by atoms with E-state index in [0.29, 0.717) is 11.4 Å². The van der Waals surface area contributed by atoms with Crippen LogP contribution >= 0.6 is 0 Å². The molecule has 1 aromatic rings. The van der Waals surface area contributed by atoms with Crippen LogP contribution in [0.4, 0.5) is 5.69 Å². The normalized spacial score (nSPS) is 21.1. The zero-order valence-corrected chi connectivity index (χ0v) is 9.82. The van der Waals surface area contributed by atoms with Gasteiger partial charge in [-0.25, -0.2) is 8.42 Å². The molecule has 1 aromatic carbocycles. The fourth-order valence-electron chi connectivity index (χ4n) is 1.71. The molecule has 1 atom stereocenters. The zero-order chi connectivity index (χ0) is 12.6. The number of carboxylic acid groups (broad SMARTS) is 1. The molecule has 0 aromatic heterocycles. The van der Waals surface area contributed by atoms with Gasteiger partial charge >= 0.3 is 5.97 Å². The van der Waals surface area contributed by atoms with Crippen molar-refractivity contribution >= 4 is 21.5 Å². The van der Waals surface area contributed by atoms with Crippen molar-refractivity contribution in [1.82, 2.24) is 0 Å². The molecule has 6 nitrogen and oxygen atoms in total. The maximum absolute atomic E-state index is 12.0. The van der Waals surface area contributed by atoms with Gasteiger partial charge in [-0.1, -0.05) is 0 Å². The molecule has 2 rings (SSSR count). The molecule has 2 N–H and O–H groups in total. The first kappa shape index (κ1) is 11.7. The monoisotopic (exact) mass is 257 g/mol. The number of aliphatic carboxylic acids is 1. The van der Waals surface area contributed by atoms with Crippen LogP contribution in [0, 0.1) is 0 Å². The Labute approximate surface area is 98.1 Å². The van der Waals surface area contributed by atoms with E-state index in [0.717, 1.165) is 0 Å². The highest BCUT2D eigenvalue weighted by atomic mass is 32.2. The van der Waals surface area contributed by atoms with Crippen LogP contribution in [0.5, 0.6) is 5.75 Å². The molecule has 0 aliphatic carbocycles. The number of anilines is 1. The smallest absolute Gasteiger partial charge is 0.324 e. The number of nitrogens with one attached hydrogen (secondary N) is 1. The van der Waals surface area contributed by atoms with Gasteiger partial charge in [0.05, 0.1) is 17.7 Å². The number of hydrogen-bond donors (Lipinski definition) is 2. The summed E-state index contributed by atoms with van der Waals surface area (Å²) in [5.74, 6) is -0.834. The predicted molar refractivity (Wildman–Crippen MR) is 60.1 cm³/mol. The number of fused-ring (bicyclic) bond motifs is 1. The summed E-state index contributed by atoms with van der Waals surface area (Å²) < 4.78 is 28.9. The molecular weight excluding hydrogens is 246 g/mol. The van der Waals surface area contributed by atoms with Crippen LogP contribution in [0.15, 0.2) is 23.1 Å². The lowest BCUT2D eigenvalue weighted by Crippen LogP contribution is -2.40. The lowest BCUT2D eigenvalue weighted by Gasteiger charge is -2.23. The SMILES string of the molecule is COc1ccc2c(c1)NCC(C(=O)O)S2(=O)=O. The second-order valence-corrected chi connectivity index (χ2v) is 5.71. The lowest BCUT2D eigenvalue weighted by molar-refractivity contribution is -0.136. The molecule has 1 heterocycles. The third kappa shape index (κ3) is 1.82. The fraction of sp³-hybridized carbons (Fsp3) is 0.300. The summed E-state index contributed by atoms with van der Waals surface area (Å²) in [7, 11) is -2.35. The van der Waals surface area contributed by atoms with Crippen molar-refractivity contribution in [2.75, 3.05) is 19.0 Å². The average molecular weight is 257 g/mol. The molecule has 0 bridgehead atoms. The van der Waals surface area contributed by atoms with Crippen LogP contribution in [0.1, 0.15) is 0 Å². The molecule has 0 fully saturated rings. The quantitative estimate of drug-likeness (QED) is 0.794. The first-order valence-corrected chi connectivity index (χ1v) is 6.40. The molecular formula is C10H11NO5S. The molecule has 17 heavy (non-hydrogen) atoms. The molecule has 0 saturated heterocycles.